The summed E-state index contributed by atoms with van der Waals surface area (Å²) >= 11 is 0. The average molecular weight is 317 g/mol. The lowest BCUT2D eigenvalue weighted by atomic mass is 9.92. The number of para-hydroxylation sites is 2. The van der Waals surface area contributed by atoms with Crippen LogP contribution >= 0.6 is 0 Å². The number of amides is 1. The van der Waals surface area contributed by atoms with E-state index in [4.69, 9.17) is 10.2 Å². The minimum Gasteiger partial charge on any atom is -0.408 e. The van der Waals surface area contributed by atoms with Gasteiger partial charge in [0.2, 0.25) is 5.91 Å². The number of rotatable bonds is 4. The topological polar surface area (TPSA) is 81.5 Å². The van der Waals surface area contributed by atoms with Crippen molar-refractivity contribution < 1.29 is 9.21 Å². The number of fused-ring (bicyclic) bond motifs is 1. The largest absolute Gasteiger partial charge is 0.419 e. The minimum atomic E-state index is -0.415. The van der Waals surface area contributed by atoms with E-state index in [1.807, 2.05) is 23.1 Å². The third-order valence-corrected chi connectivity index (χ3v) is 4.69. The maximum atomic E-state index is 12.5. The SMILES string of the molecule is CC1CCN(C(=O)CCn2c(=O)oc3ccccc32)C(CN)C1. The van der Waals surface area contributed by atoms with Gasteiger partial charge in [-0.3, -0.25) is 9.36 Å². The molecule has 0 aliphatic carbocycles. The molecular formula is C17H23N3O3. The second-order valence-electron chi connectivity index (χ2n) is 6.34. The third kappa shape index (κ3) is 3.17. The van der Waals surface area contributed by atoms with Crippen molar-refractivity contribution in [2.24, 2.45) is 11.7 Å². The van der Waals surface area contributed by atoms with Gasteiger partial charge in [-0.05, 0) is 30.9 Å². The highest BCUT2D eigenvalue weighted by atomic mass is 16.4. The van der Waals surface area contributed by atoms with Gasteiger partial charge in [0.25, 0.3) is 0 Å². The highest BCUT2D eigenvalue weighted by molar-refractivity contribution is 5.77. The first-order valence-electron chi connectivity index (χ1n) is 8.18. The first-order chi connectivity index (χ1) is 11.1. The van der Waals surface area contributed by atoms with Gasteiger partial charge in [-0.25, -0.2) is 4.79 Å². The standard InChI is InChI=1S/C17H23N3O3/c1-12-6-8-19(13(10-12)11-18)16(21)7-9-20-14-4-2-3-5-15(14)23-17(20)22/h2-5,12-13H,6-11,18H2,1H3. The molecule has 0 radical (unpaired) electrons. The number of hydrogen-bond donors (Lipinski definition) is 1. The summed E-state index contributed by atoms with van der Waals surface area (Å²) in [6, 6.07) is 7.37. The maximum Gasteiger partial charge on any atom is 0.419 e. The van der Waals surface area contributed by atoms with Gasteiger partial charge in [-0.15, -0.1) is 0 Å². The molecule has 1 aliphatic heterocycles. The Morgan fingerprint density at radius 2 is 2.17 bits per heavy atom. The Labute approximate surface area is 134 Å². The molecule has 124 valence electrons. The molecule has 1 aromatic carbocycles. The van der Waals surface area contributed by atoms with E-state index in [0.29, 0.717) is 24.6 Å². The Morgan fingerprint density at radius 3 is 2.96 bits per heavy atom. The van der Waals surface area contributed by atoms with Crippen molar-refractivity contribution in [3.05, 3.63) is 34.8 Å². The molecule has 6 heteroatoms. The van der Waals surface area contributed by atoms with Crippen molar-refractivity contribution in [2.75, 3.05) is 13.1 Å². The first kappa shape index (κ1) is 15.8. The van der Waals surface area contributed by atoms with Gasteiger partial charge in [0, 0.05) is 32.1 Å². The predicted octanol–water partition coefficient (Wildman–Crippen LogP) is 1.57. The summed E-state index contributed by atoms with van der Waals surface area (Å²) in [4.78, 5) is 26.4. The van der Waals surface area contributed by atoms with Gasteiger partial charge < -0.3 is 15.1 Å². The lowest BCUT2D eigenvalue weighted by molar-refractivity contribution is -0.135. The van der Waals surface area contributed by atoms with Gasteiger partial charge in [0.15, 0.2) is 5.58 Å². The zero-order chi connectivity index (χ0) is 16.4. The average Bonchev–Trinajstić information content (AvgIpc) is 2.87. The van der Waals surface area contributed by atoms with Crippen molar-refractivity contribution in [2.45, 2.75) is 38.8 Å². The van der Waals surface area contributed by atoms with Crippen molar-refractivity contribution in [3.63, 3.8) is 0 Å². The van der Waals surface area contributed by atoms with Gasteiger partial charge in [0.05, 0.1) is 5.52 Å². The Morgan fingerprint density at radius 1 is 1.39 bits per heavy atom. The zero-order valence-electron chi connectivity index (χ0n) is 13.4. The van der Waals surface area contributed by atoms with Crippen LogP contribution in [0.5, 0.6) is 0 Å². The zero-order valence-corrected chi connectivity index (χ0v) is 13.4. The van der Waals surface area contributed by atoms with Gasteiger partial charge in [0.1, 0.15) is 0 Å². The fourth-order valence-electron chi connectivity index (χ4n) is 3.38. The second kappa shape index (κ2) is 6.58. The third-order valence-electron chi connectivity index (χ3n) is 4.69. The summed E-state index contributed by atoms with van der Waals surface area (Å²) in [5, 5.41) is 0. The maximum absolute atomic E-state index is 12.5. The van der Waals surface area contributed by atoms with E-state index < -0.39 is 5.76 Å². The molecular weight excluding hydrogens is 294 g/mol. The smallest absolute Gasteiger partial charge is 0.408 e. The van der Waals surface area contributed by atoms with Gasteiger partial charge >= 0.3 is 5.76 Å². The van der Waals surface area contributed by atoms with E-state index in [9.17, 15) is 9.59 Å². The van der Waals surface area contributed by atoms with E-state index >= 15 is 0 Å². The van der Waals surface area contributed by atoms with E-state index in [0.717, 1.165) is 24.9 Å². The van der Waals surface area contributed by atoms with Crippen molar-refractivity contribution in [1.29, 1.82) is 0 Å². The quantitative estimate of drug-likeness (QED) is 0.928. The van der Waals surface area contributed by atoms with E-state index in [2.05, 4.69) is 6.92 Å². The van der Waals surface area contributed by atoms with Crippen LogP contribution in [0, 0.1) is 5.92 Å². The Balaban J connectivity index is 1.71. The molecule has 1 fully saturated rings. The molecule has 2 heterocycles. The summed E-state index contributed by atoms with van der Waals surface area (Å²) < 4.78 is 6.72. The van der Waals surface area contributed by atoms with Crippen molar-refractivity contribution >= 4 is 17.0 Å². The molecule has 1 amide bonds. The Kier molecular flexibility index (Phi) is 4.52. The van der Waals surface area contributed by atoms with Crippen LogP contribution in [0.2, 0.25) is 0 Å². The molecule has 2 N–H and O–H groups in total. The number of aryl methyl sites for hydroxylation is 1. The highest BCUT2D eigenvalue weighted by Gasteiger charge is 2.28. The fourth-order valence-corrected chi connectivity index (χ4v) is 3.38. The molecule has 2 aromatic rings. The first-order valence-corrected chi connectivity index (χ1v) is 8.18. The van der Waals surface area contributed by atoms with Crippen molar-refractivity contribution in [3.8, 4) is 0 Å². The number of nitrogens with zero attached hydrogens (tertiary/aromatic N) is 2. The van der Waals surface area contributed by atoms with Crippen LogP contribution in [0.1, 0.15) is 26.2 Å². The summed E-state index contributed by atoms with van der Waals surface area (Å²) in [6.07, 6.45) is 2.25. The van der Waals surface area contributed by atoms with E-state index in [1.54, 1.807) is 6.07 Å². The lowest BCUT2D eigenvalue weighted by Crippen LogP contribution is -2.49. The van der Waals surface area contributed by atoms with Crippen molar-refractivity contribution in [1.82, 2.24) is 9.47 Å². The van der Waals surface area contributed by atoms with Crippen LogP contribution < -0.4 is 11.5 Å². The van der Waals surface area contributed by atoms with Crippen LogP contribution in [0.4, 0.5) is 0 Å². The molecule has 2 unspecified atom stereocenters. The summed E-state index contributed by atoms with van der Waals surface area (Å²) in [7, 11) is 0. The molecule has 0 saturated carbocycles. The monoisotopic (exact) mass is 317 g/mol. The number of piperidine rings is 1. The fraction of sp³-hybridized carbons (Fsp3) is 0.529. The summed E-state index contributed by atoms with van der Waals surface area (Å²) in [6.45, 7) is 3.77. The number of oxazole rings is 1. The molecule has 1 saturated heterocycles. The number of benzene rings is 1. The molecule has 1 aliphatic rings. The number of carbonyl (C=O) groups is 1. The Hall–Kier alpha value is -2.08. The second-order valence-corrected chi connectivity index (χ2v) is 6.34. The minimum absolute atomic E-state index is 0.0598. The number of likely N-dealkylation sites (tertiary alicyclic amines) is 1. The van der Waals surface area contributed by atoms with Crippen LogP contribution in [0.15, 0.2) is 33.5 Å². The normalized spacial score (nSPS) is 21.7. The summed E-state index contributed by atoms with van der Waals surface area (Å²) in [5.74, 6) is 0.249. The van der Waals surface area contributed by atoms with Crippen LogP contribution in [0.25, 0.3) is 11.1 Å². The molecule has 23 heavy (non-hydrogen) atoms. The van der Waals surface area contributed by atoms with Crippen LogP contribution in [-0.2, 0) is 11.3 Å². The predicted molar refractivity (Wildman–Crippen MR) is 88.0 cm³/mol. The highest BCUT2D eigenvalue weighted by Crippen LogP contribution is 2.22. The number of nitrogens with two attached hydrogens (primary N) is 1. The molecule has 3 rings (SSSR count). The van der Waals surface area contributed by atoms with Crippen LogP contribution in [-0.4, -0.2) is 34.5 Å². The summed E-state index contributed by atoms with van der Waals surface area (Å²) in [5.41, 5.74) is 7.10. The van der Waals surface area contributed by atoms with Gasteiger partial charge in [-0.2, -0.15) is 0 Å². The number of carbonyl (C=O) groups excluding carboxylic acids is 1. The number of hydrogen-bond acceptors (Lipinski definition) is 4. The van der Waals surface area contributed by atoms with E-state index in [-0.39, 0.29) is 18.4 Å². The number of aromatic nitrogens is 1. The molecule has 6 nitrogen and oxygen atoms in total. The Bertz CT molecular complexity index is 749. The molecule has 1 aromatic heterocycles. The van der Waals surface area contributed by atoms with Gasteiger partial charge in [-0.1, -0.05) is 19.1 Å². The van der Waals surface area contributed by atoms with Crippen LogP contribution in [0.3, 0.4) is 0 Å². The molecule has 0 spiro atoms. The molecule has 0 bridgehead atoms. The van der Waals surface area contributed by atoms with E-state index in [1.165, 1.54) is 4.57 Å². The molecule has 2 atom stereocenters. The lowest BCUT2D eigenvalue weighted by Gasteiger charge is -2.38.